The Hall–Kier alpha value is -2.30. The van der Waals surface area contributed by atoms with Crippen LogP contribution in [0, 0.1) is 18.6 Å². The Balaban J connectivity index is 2.26. The van der Waals surface area contributed by atoms with E-state index < -0.39 is 11.6 Å². The molecular weight excluding hydrogens is 236 g/mol. The maximum absolute atomic E-state index is 13.6. The smallest absolute Gasteiger partial charge is 0.186 e. The molecule has 0 fully saturated rings. The standard InChI is InChI=1S/C13H9F2N3/c1-7-8(3-2-6-16-7)13-17-10-5-4-9(14)11(15)12(10)18-13/h2-6H,1H3,(H,17,18). The number of benzene rings is 1. The molecule has 1 aromatic carbocycles. The van der Waals surface area contributed by atoms with Gasteiger partial charge in [-0.15, -0.1) is 0 Å². The molecule has 0 amide bonds. The summed E-state index contributed by atoms with van der Waals surface area (Å²) in [6.07, 6.45) is 1.67. The number of fused-ring (bicyclic) bond motifs is 1. The molecule has 0 aliphatic heterocycles. The van der Waals surface area contributed by atoms with Gasteiger partial charge in [-0.3, -0.25) is 4.98 Å². The topological polar surface area (TPSA) is 41.6 Å². The summed E-state index contributed by atoms with van der Waals surface area (Å²) in [5, 5.41) is 0. The van der Waals surface area contributed by atoms with Gasteiger partial charge < -0.3 is 4.98 Å². The summed E-state index contributed by atoms with van der Waals surface area (Å²) in [5.74, 6) is -1.35. The lowest BCUT2D eigenvalue weighted by Crippen LogP contribution is -1.88. The maximum atomic E-state index is 13.6. The minimum atomic E-state index is -0.934. The fourth-order valence-electron chi connectivity index (χ4n) is 1.88. The van der Waals surface area contributed by atoms with E-state index in [2.05, 4.69) is 15.0 Å². The molecule has 3 aromatic rings. The number of aromatic amines is 1. The third-order valence-corrected chi connectivity index (χ3v) is 2.81. The highest BCUT2D eigenvalue weighted by Crippen LogP contribution is 2.24. The van der Waals surface area contributed by atoms with E-state index in [0.29, 0.717) is 11.3 Å². The lowest BCUT2D eigenvalue weighted by atomic mass is 10.2. The van der Waals surface area contributed by atoms with Crippen LogP contribution in [0.25, 0.3) is 22.4 Å². The van der Waals surface area contributed by atoms with E-state index in [1.807, 2.05) is 13.0 Å². The summed E-state index contributed by atoms with van der Waals surface area (Å²) >= 11 is 0. The quantitative estimate of drug-likeness (QED) is 0.715. The molecule has 2 aromatic heterocycles. The van der Waals surface area contributed by atoms with Crippen LogP contribution in [0.15, 0.2) is 30.5 Å². The number of nitrogens with one attached hydrogen (secondary N) is 1. The van der Waals surface area contributed by atoms with E-state index in [9.17, 15) is 8.78 Å². The van der Waals surface area contributed by atoms with Crippen molar-refractivity contribution < 1.29 is 8.78 Å². The zero-order valence-corrected chi connectivity index (χ0v) is 9.54. The van der Waals surface area contributed by atoms with Gasteiger partial charge in [0.05, 0.1) is 5.52 Å². The Bertz CT molecular complexity index is 734. The SMILES string of the molecule is Cc1ncccc1-c1nc2c(F)c(F)ccc2[nH]1. The Kier molecular flexibility index (Phi) is 2.33. The molecule has 3 rings (SSSR count). The molecule has 3 nitrogen and oxygen atoms in total. The molecule has 5 heteroatoms. The fraction of sp³-hybridized carbons (Fsp3) is 0.0769. The van der Waals surface area contributed by atoms with Crippen LogP contribution >= 0.6 is 0 Å². The van der Waals surface area contributed by atoms with Crippen LogP contribution in [0.1, 0.15) is 5.69 Å². The van der Waals surface area contributed by atoms with E-state index in [-0.39, 0.29) is 5.52 Å². The Morgan fingerprint density at radius 3 is 2.78 bits per heavy atom. The zero-order chi connectivity index (χ0) is 12.7. The maximum Gasteiger partial charge on any atom is 0.186 e. The first-order valence-corrected chi connectivity index (χ1v) is 5.42. The number of rotatable bonds is 1. The molecule has 0 saturated carbocycles. The molecule has 0 bridgehead atoms. The molecule has 0 spiro atoms. The number of imidazole rings is 1. The van der Waals surface area contributed by atoms with Crippen molar-refractivity contribution in [1.29, 1.82) is 0 Å². The molecular formula is C13H9F2N3. The minimum Gasteiger partial charge on any atom is -0.338 e. The number of hydrogen-bond donors (Lipinski definition) is 1. The average Bonchev–Trinajstić information content (AvgIpc) is 2.79. The van der Waals surface area contributed by atoms with Crippen molar-refractivity contribution >= 4 is 11.0 Å². The van der Waals surface area contributed by atoms with Gasteiger partial charge in [0.25, 0.3) is 0 Å². The van der Waals surface area contributed by atoms with Crippen molar-refractivity contribution in [2.45, 2.75) is 6.92 Å². The van der Waals surface area contributed by atoms with Crippen LogP contribution < -0.4 is 0 Å². The van der Waals surface area contributed by atoms with Crippen molar-refractivity contribution in [2.75, 3.05) is 0 Å². The molecule has 0 saturated heterocycles. The number of aromatic nitrogens is 3. The first-order valence-electron chi connectivity index (χ1n) is 5.42. The van der Waals surface area contributed by atoms with Crippen molar-refractivity contribution in [2.24, 2.45) is 0 Å². The predicted molar refractivity (Wildman–Crippen MR) is 64.0 cm³/mol. The van der Waals surface area contributed by atoms with Crippen molar-refractivity contribution in [1.82, 2.24) is 15.0 Å². The highest BCUT2D eigenvalue weighted by Gasteiger charge is 2.13. The molecule has 18 heavy (non-hydrogen) atoms. The first kappa shape index (κ1) is 10.8. The lowest BCUT2D eigenvalue weighted by molar-refractivity contribution is 0.515. The van der Waals surface area contributed by atoms with Gasteiger partial charge in [0.2, 0.25) is 0 Å². The van der Waals surface area contributed by atoms with E-state index in [0.717, 1.165) is 17.3 Å². The van der Waals surface area contributed by atoms with Crippen LogP contribution in [0.4, 0.5) is 8.78 Å². The van der Waals surface area contributed by atoms with Gasteiger partial charge in [0.1, 0.15) is 11.3 Å². The van der Waals surface area contributed by atoms with E-state index in [1.165, 1.54) is 6.07 Å². The lowest BCUT2D eigenvalue weighted by Gasteiger charge is -1.99. The van der Waals surface area contributed by atoms with Crippen LogP contribution in [-0.2, 0) is 0 Å². The minimum absolute atomic E-state index is 0.00764. The van der Waals surface area contributed by atoms with Gasteiger partial charge in [-0.2, -0.15) is 0 Å². The van der Waals surface area contributed by atoms with Gasteiger partial charge in [-0.05, 0) is 31.2 Å². The fourth-order valence-corrected chi connectivity index (χ4v) is 1.88. The molecule has 0 unspecified atom stereocenters. The molecule has 90 valence electrons. The Morgan fingerprint density at radius 2 is 2.00 bits per heavy atom. The van der Waals surface area contributed by atoms with Crippen LogP contribution in [-0.4, -0.2) is 15.0 Å². The molecule has 2 heterocycles. The number of pyridine rings is 1. The van der Waals surface area contributed by atoms with Crippen LogP contribution in [0.3, 0.4) is 0 Å². The third kappa shape index (κ3) is 1.55. The van der Waals surface area contributed by atoms with Gasteiger partial charge in [-0.25, -0.2) is 13.8 Å². The number of aryl methyl sites for hydroxylation is 1. The average molecular weight is 245 g/mol. The highest BCUT2D eigenvalue weighted by molar-refractivity contribution is 5.80. The monoisotopic (exact) mass is 245 g/mol. The van der Waals surface area contributed by atoms with Gasteiger partial charge >= 0.3 is 0 Å². The van der Waals surface area contributed by atoms with Gasteiger partial charge in [0.15, 0.2) is 11.6 Å². The van der Waals surface area contributed by atoms with E-state index in [4.69, 9.17) is 0 Å². The Labute approximate surface area is 102 Å². The number of halogens is 2. The summed E-state index contributed by atoms with van der Waals surface area (Å²) in [6.45, 7) is 1.83. The number of hydrogen-bond acceptors (Lipinski definition) is 2. The van der Waals surface area contributed by atoms with Crippen LogP contribution in [0.2, 0.25) is 0 Å². The van der Waals surface area contributed by atoms with Gasteiger partial charge in [0, 0.05) is 17.5 Å². The molecule has 0 aliphatic rings. The second-order valence-electron chi connectivity index (χ2n) is 3.98. The summed E-state index contributed by atoms with van der Waals surface area (Å²) in [5.41, 5.74) is 2.02. The van der Waals surface area contributed by atoms with Crippen molar-refractivity contribution in [3.8, 4) is 11.4 Å². The van der Waals surface area contributed by atoms with E-state index in [1.54, 1.807) is 12.3 Å². The van der Waals surface area contributed by atoms with Crippen molar-refractivity contribution in [3.63, 3.8) is 0 Å². The second-order valence-corrected chi connectivity index (χ2v) is 3.98. The summed E-state index contributed by atoms with van der Waals surface area (Å²) < 4.78 is 26.7. The Morgan fingerprint density at radius 1 is 1.17 bits per heavy atom. The third-order valence-electron chi connectivity index (χ3n) is 2.81. The largest absolute Gasteiger partial charge is 0.338 e. The first-order chi connectivity index (χ1) is 8.66. The molecule has 1 N–H and O–H groups in total. The number of H-pyrrole nitrogens is 1. The van der Waals surface area contributed by atoms with Gasteiger partial charge in [-0.1, -0.05) is 0 Å². The number of nitrogens with zero attached hydrogens (tertiary/aromatic N) is 2. The molecule has 0 aliphatic carbocycles. The second kappa shape index (κ2) is 3.87. The summed E-state index contributed by atoms with van der Waals surface area (Å²) in [4.78, 5) is 11.2. The summed E-state index contributed by atoms with van der Waals surface area (Å²) in [7, 11) is 0. The van der Waals surface area contributed by atoms with Crippen molar-refractivity contribution in [3.05, 3.63) is 47.8 Å². The molecule has 0 radical (unpaired) electrons. The summed E-state index contributed by atoms with van der Waals surface area (Å²) in [6, 6.07) is 6.15. The molecule has 0 atom stereocenters. The van der Waals surface area contributed by atoms with Crippen LogP contribution in [0.5, 0.6) is 0 Å². The zero-order valence-electron chi connectivity index (χ0n) is 9.54. The predicted octanol–water partition coefficient (Wildman–Crippen LogP) is 3.21. The normalized spacial score (nSPS) is 11.1. The highest BCUT2D eigenvalue weighted by atomic mass is 19.2. The van der Waals surface area contributed by atoms with E-state index >= 15 is 0 Å².